The van der Waals surface area contributed by atoms with Crippen molar-refractivity contribution in [1.82, 2.24) is 4.98 Å². The molecule has 3 N–H and O–H groups in total. The number of aryl methyl sites for hydroxylation is 1. The summed E-state index contributed by atoms with van der Waals surface area (Å²) in [7, 11) is 0. The fourth-order valence-electron chi connectivity index (χ4n) is 2.62. The topological polar surface area (TPSA) is 71.4 Å². The first-order valence-corrected chi connectivity index (χ1v) is 7.07. The van der Waals surface area contributed by atoms with Gasteiger partial charge in [-0.1, -0.05) is 6.07 Å². The number of ether oxygens (including phenoxy) is 1. The SMILES string of the molecule is Cc1ccc(N)cc1-c1c[nH]c(=O)c(N2CCOCC2)c1. The van der Waals surface area contributed by atoms with Crippen LogP contribution in [0, 0.1) is 6.92 Å². The van der Waals surface area contributed by atoms with E-state index in [1.165, 1.54) is 0 Å². The number of hydrogen-bond acceptors (Lipinski definition) is 4. The molecule has 3 rings (SSSR count). The monoisotopic (exact) mass is 285 g/mol. The molecular formula is C16H19N3O2. The van der Waals surface area contributed by atoms with Gasteiger partial charge in [-0.15, -0.1) is 0 Å². The van der Waals surface area contributed by atoms with Crippen molar-refractivity contribution in [3.63, 3.8) is 0 Å². The highest BCUT2D eigenvalue weighted by Crippen LogP contribution is 2.26. The normalized spacial score (nSPS) is 15.2. The Morgan fingerprint density at radius 1 is 1.24 bits per heavy atom. The summed E-state index contributed by atoms with van der Waals surface area (Å²) in [6, 6.07) is 7.75. The summed E-state index contributed by atoms with van der Waals surface area (Å²) in [5, 5.41) is 0. The molecule has 0 bridgehead atoms. The van der Waals surface area contributed by atoms with Crippen LogP contribution in [-0.4, -0.2) is 31.3 Å². The number of nitrogens with one attached hydrogen (secondary N) is 1. The summed E-state index contributed by atoms with van der Waals surface area (Å²) in [5.74, 6) is 0. The molecule has 0 atom stereocenters. The lowest BCUT2D eigenvalue weighted by Crippen LogP contribution is -2.39. The molecule has 1 aromatic heterocycles. The summed E-state index contributed by atoms with van der Waals surface area (Å²) < 4.78 is 5.34. The first-order valence-electron chi connectivity index (χ1n) is 7.07. The van der Waals surface area contributed by atoms with Gasteiger partial charge < -0.3 is 20.4 Å². The number of anilines is 2. The van der Waals surface area contributed by atoms with Crippen molar-refractivity contribution in [2.45, 2.75) is 6.92 Å². The number of hydrogen-bond donors (Lipinski definition) is 2. The number of nitrogens with zero attached hydrogens (tertiary/aromatic N) is 1. The van der Waals surface area contributed by atoms with Crippen LogP contribution in [-0.2, 0) is 4.74 Å². The molecular weight excluding hydrogens is 266 g/mol. The lowest BCUT2D eigenvalue weighted by atomic mass is 10.0. The molecule has 0 aliphatic carbocycles. The number of rotatable bonds is 2. The van der Waals surface area contributed by atoms with Gasteiger partial charge in [0, 0.05) is 30.5 Å². The second-order valence-corrected chi connectivity index (χ2v) is 5.28. The smallest absolute Gasteiger partial charge is 0.271 e. The predicted octanol–water partition coefficient (Wildman–Crippen LogP) is 1.77. The zero-order valence-electron chi connectivity index (χ0n) is 12.1. The molecule has 5 nitrogen and oxygen atoms in total. The number of benzene rings is 1. The van der Waals surface area contributed by atoms with Gasteiger partial charge in [0.15, 0.2) is 0 Å². The average Bonchev–Trinajstić information content (AvgIpc) is 2.51. The summed E-state index contributed by atoms with van der Waals surface area (Å²) in [6.07, 6.45) is 1.74. The van der Waals surface area contributed by atoms with Gasteiger partial charge in [-0.05, 0) is 36.2 Å². The second-order valence-electron chi connectivity index (χ2n) is 5.28. The van der Waals surface area contributed by atoms with Crippen molar-refractivity contribution < 1.29 is 4.74 Å². The Kier molecular flexibility index (Phi) is 3.66. The number of aromatic nitrogens is 1. The van der Waals surface area contributed by atoms with Crippen LogP contribution in [0.2, 0.25) is 0 Å². The van der Waals surface area contributed by atoms with E-state index < -0.39 is 0 Å². The molecule has 1 aliphatic rings. The lowest BCUT2D eigenvalue weighted by Gasteiger charge is -2.28. The number of aromatic amines is 1. The van der Waals surface area contributed by atoms with E-state index in [4.69, 9.17) is 10.5 Å². The Bertz CT molecular complexity index is 703. The van der Waals surface area contributed by atoms with Crippen LogP contribution in [0.4, 0.5) is 11.4 Å². The van der Waals surface area contributed by atoms with Crippen molar-refractivity contribution in [3.05, 3.63) is 46.4 Å². The fourth-order valence-corrected chi connectivity index (χ4v) is 2.62. The van der Waals surface area contributed by atoms with Crippen LogP contribution in [0.15, 0.2) is 35.3 Å². The van der Waals surface area contributed by atoms with E-state index in [1.807, 2.05) is 31.2 Å². The Hall–Kier alpha value is -2.27. The highest BCUT2D eigenvalue weighted by molar-refractivity contribution is 5.73. The zero-order chi connectivity index (χ0) is 14.8. The molecule has 0 saturated carbocycles. The average molecular weight is 285 g/mol. The summed E-state index contributed by atoms with van der Waals surface area (Å²) in [6.45, 7) is 4.82. The van der Waals surface area contributed by atoms with Crippen molar-refractivity contribution in [2.24, 2.45) is 0 Å². The minimum Gasteiger partial charge on any atom is -0.399 e. The zero-order valence-corrected chi connectivity index (χ0v) is 12.1. The van der Waals surface area contributed by atoms with E-state index >= 15 is 0 Å². The van der Waals surface area contributed by atoms with Gasteiger partial charge in [0.2, 0.25) is 0 Å². The van der Waals surface area contributed by atoms with Crippen LogP contribution in [0.25, 0.3) is 11.1 Å². The van der Waals surface area contributed by atoms with Gasteiger partial charge in [-0.3, -0.25) is 4.79 Å². The van der Waals surface area contributed by atoms with Crippen LogP contribution in [0.3, 0.4) is 0 Å². The second kappa shape index (κ2) is 5.61. The van der Waals surface area contributed by atoms with Gasteiger partial charge in [0.1, 0.15) is 5.69 Å². The maximum Gasteiger partial charge on any atom is 0.271 e. The Balaban J connectivity index is 2.04. The van der Waals surface area contributed by atoms with Crippen molar-refractivity contribution in [3.8, 4) is 11.1 Å². The van der Waals surface area contributed by atoms with E-state index in [0.717, 1.165) is 35.5 Å². The van der Waals surface area contributed by atoms with Gasteiger partial charge in [0.25, 0.3) is 5.56 Å². The molecule has 21 heavy (non-hydrogen) atoms. The van der Waals surface area contributed by atoms with Crippen molar-refractivity contribution in [2.75, 3.05) is 36.9 Å². The molecule has 1 aromatic carbocycles. The molecule has 1 fully saturated rings. The van der Waals surface area contributed by atoms with E-state index in [0.29, 0.717) is 18.9 Å². The Morgan fingerprint density at radius 3 is 2.76 bits per heavy atom. The molecule has 0 unspecified atom stereocenters. The number of nitrogen functional groups attached to an aromatic ring is 1. The molecule has 110 valence electrons. The van der Waals surface area contributed by atoms with Gasteiger partial charge in [-0.2, -0.15) is 0 Å². The van der Waals surface area contributed by atoms with Gasteiger partial charge in [0.05, 0.1) is 13.2 Å². The minimum absolute atomic E-state index is 0.0674. The fraction of sp³-hybridized carbons (Fsp3) is 0.312. The van der Waals surface area contributed by atoms with Gasteiger partial charge in [-0.25, -0.2) is 0 Å². The Morgan fingerprint density at radius 2 is 2.00 bits per heavy atom. The third kappa shape index (κ3) is 2.78. The van der Waals surface area contributed by atoms with Crippen LogP contribution in [0.5, 0.6) is 0 Å². The van der Waals surface area contributed by atoms with Crippen LogP contribution < -0.4 is 16.2 Å². The molecule has 1 aliphatic heterocycles. The summed E-state index contributed by atoms with van der Waals surface area (Å²) in [4.78, 5) is 17.0. The van der Waals surface area contributed by atoms with E-state index in [1.54, 1.807) is 6.20 Å². The molecule has 0 radical (unpaired) electrons. The third-order valence-electron chi connectivity index (χ3n) is 3.81. The maximum atomic E-state index is 12.1. The Labute approximate surface area is 123 Å². The number of nitrogens with two attached hydrogens (primary N) is 1. The molecule has 0 spiro atoms. The molecule has 2 heterocycles. The summed E-state index contributed by atoms with van der Waals surface area (Å²) >= 11 is 0. The highest BCUT2D eigenvalue weighted by atomic mass is 16.5. The third-order valence-corrected chi connectivity index (χ3v) is 3.81. The largest absolute Gasteiger partial charge is 0.399 e. The highest BCUT2D eigenvalue weighted by Gasteiger charge is 2.15. The standard InChI is InChI=1S/C16H19N3O2/c1-11-2-3-13(17)9-14(11)12-8-15(16(20)18-10-12)19-4-6-21-7-5-19/h2-3,8-10H,4-7,17H2,1H3,(H,18,20). The minimum atomic E-state index is -0.0674. The van der Waals surface area contributed by atoms with Crippen LogP contribution in [0.1, 0.15) is 5.56 Å². The lowest BCUT2D eigenvalue weighted by molar-refractivity contribution is 0.122. The maximum absolute atomic E-state index is 12.1. The predicted molar refractivity (Wildman–Crippen MR) is 84.7 cm³/mol. The van der Waals surface area contributed by atoms with Crippen LogP contribution >= 0.6 is 0 Å². The van der Waals surface area contributed by atoms with E-state index in [9.17, 15) is 4.79 Å². The molecule has 0 amide bonds. The molecule has 5 heteroatoms. The number of pyridine rings is 1. The first-order chi connectivity index (χ1) is 10.1. The van der Waals surface area contributed by atoms with E-state index in [2.05, 4.69) is 9.88 Å². The molecule has 2 aromatic rings. The number of H-pyrrole nitrogens is 1. The first kappa shape index (κ1) is 13.7. The summed E-state index contributed by atoms with van der Waals surface area (Å²) in [5.41, 5.74) is 10.4. The van der Waals surface area contributed by atoms with Crippen molar-refractivity contribution in [1.29, 1.82) is 0 Å². The molecule has 1 saturated heterocycles. The van der Waals surface area contributed by atoms with Crippen molar-refractivity contribution >= 4 is 11.4 Å². The number of morpholine rings is 1. The quantitative estimate of drug-likeness (QED) is 0.825. The van der Waals surface area contributed by atoms with E-state index in [-0.39, 0.29) is 5.56 Å². The van der Waals surface area contributed by atoms with Gasteiger partial charge >= 0.3 is 0 Å².